The standard InChI is InChI=1S/C12H17BrN2O/c1-2-3-8-14-12(16)9-15-11-7-5-4-6-10(11)13/h4-7,15H,2-3,8-9H2,1H3,(H,14,16). The zero-order chi connectivity index (χ0) is 11.8. The van der Waals surface area contributed by atoms with Crippen molar-refractivity contribution in [1.82, 2.24) is 5.32 Å². The minimum absolute atomic E-state index is 0.0317. The van der Waals surface area contributed by atoms with E-state index >= 15 is 0 Å². The van der Waals surface area contributed by atoms with Gasteiger partial charge in [0.25, 0.3) is 0 Å². The van der Waals surface area contributed by atoms with Crippen molar-refractivity contribution in [3.63, 3.8) is 0 Å². The molecule has 0 aliphatic heterocycles. The van der Waals surface area contributed by atoms with Crippen molar-refractivity contribution in [3.8, 4) is 0 Å². The third-order valence-electron chi connectivity index (χ3n) is 2.17. The molecule has 1 rings (SSSR count). The minimum Gasteiger partial charge on any atom is -0.375 e. The van der Waals surface area contributed by atoms with E-state index in [0.717, 1.165) is 29.5 Å². The number of hydrogen-bond donors (Lipinski definition) is 2. The van der Waals surface area contributed by atoms with Crippen molar-refractivity contribution < 1.29 is 4.79 Å². The van der Waals surface area contributed by atoms with E-state index in [1.165, 1.54) is 0 Å². The molecule has 16 heavy (non-hydrogen) atoms. The van der Waals surface area contributed by atoms with Crippen molar-refractivity contribution in [2.45, 2.75) is 19.8 Å². The number of halogens is 1. The van der Waals surface area contributed by atoms with Gasteiger partial charge in [0, 0.05) is 16.7 Å². The maximum absolute atomic E-state index is 11.4. The predicted molar refractivity (Wildman–Crippen MR) is 70.5 cm³/mol. The highest BCUT2D eigenvalue weighted by molar-refractivity contribution is 9.10. The van der Waals surface area contributed by atoms with Gasteiger partial charge < -0.3 is 10.6 Å². The van der Waals surface area contributed by atoms with Gasteiger partial charge in [0.05, 0.1) is 6.54 Å². The lowest BCUT2D eigenvalue weighted by Gasteiger charge is -2.08. The molecule has 0 unspecified atom stereocenters. The van der Waals surface area contributed by atoms with Gasteiger partial charge >= 0.3 is 0 Å². The van der Waals surface area contributed by atoms with Gasteiger partial charge in [0.1, 0.15) is 0 Å². The number of para-hydroxylation sites is 1. The molecule has 0 saturated carbocycles. The van der Waals surface area contributed by atoms with Gasteiger partial charge in [0.2, 0.25) is 5.91 Å². The summed E-state index contributed by atoms with van der Waals surface area (Å²) < 4.78 is 0.969. The molecule has 1 aromatic carbocycles. The second-order valence-corrected chi connectivity index (χ2v) is 4.39. The van der Waals surface area contributed by atoms with Crippen molar-refractivity contribution in [3.05, 3.63) is 28.7 Å². The van der Waals surface area contributed by atoms with Crippen LogP contribution in [0.2, 0.25) is 0 Å². The van der Waals surface area contributed by atoms with Crippen LogP contribution in [-0.2, 0) is 4.79 Å². The summed E-state index contributed by atoms with van der Waals surface area (Å²) >= 11 is 3.42. The maximum atomic E-state index is 11.4. The molecule has 0 spiro atoms. The van der Waals surface area contributed by atoms with Crippen LogP contribution in [-0.4, -0.2) is 19.0 Å². The number of unbranched alkanes of at least 4 members (excludes halogenated alkanes) is 1. The van der Waals surface area contributed by atoms with Crippen LogP contribution in [0.4, 0.5) is 5.69 Å². The lowest BCUT2D eigenvalue weighted by atomic mass is 10.3. The Morgan fingerprint density at radius 2 is 2.12 bits per heavy atom. The van der Waals surface area contributed by atoms with E-state index in [1.54, 1.807) is 0 Å². The summed E-state index contributed by atoms with van der Waals surface area (Å²) in [6, 6.07) is 7.75. The van der Waals surface area contributed by atoms with Gasteiger partial charge in [-0.25, -0.2) is 0 Å². The van der Waals surface area contributed by atoms with Gasteiger partial charge in [-0.3, -0.25) is 4.79 Å². The summed E-state index contributed by atoms with van der Waals surface area (Å²) in [7, 11) is 0. The number of nitrogens with one attached hydrogen (secondary N) is 2. The van der Waals surface area contributed by atoms with Gasteiger partial charge in [-0.15, -0.1) is 0 Å². The van der Waals surface area contributed by atoms with Crippen LogP contribution in [0.5, 0.6) is 0 Å². The largest absolute Gasteiger partial charge is 0.375 e. The molecule has 0 radical (unpaired) electrons. The molecule has 0 aliphatic carbocycles. The summed E-state index contributed by atoms with van der Waals surface area (Å²) in [6.45, 7) is 3.17. The Kier molecular flexibility index (Phi) is 5.93. The fraction of sp³-hybridized carbons (Fsp3) is 0.417. The molecule has 3 nitrogen and oxygen atoms in total. The van der Waals surface area contributed by atoms with Crippen molar-refractivity contribution >= 4 is 27.5 Å². The Hall–Kier alpha value is -1.03. The highest BCUT2D eigenvalue weighted by Gasteiger charge is 2.01. The van der Waals surface area contributed by atoms with E-state index in [9.17, 15) is 4.79 Å². The maximum Gasteiger partial charge on any atom is 0.239 e. The first-order valence-electron chi connectivity index (χ1n) is 5.49. The van der Waals surface area contributed by atoms with Crippen LogP contribution >= 0.6 is 15.9 Å². The lowest BCUT2D eigenvalue weighted by Crippen LogP contribution is -2.30. The molecule has 1 amide bonds. The molecule has 0 aliphatic rings. The molecule has 0 bridgehead atoms. The molecule has 0 saturated heterocycles. The number of rotatable bonds is 6. The molecule has 0 atom stereocenters. The molecule has 4 heteroatoms. The fourth-order valence-corrected chi connectivity index (χ4v) is 1.67. The molecule has 2 N–H and O–H groups in total. The Morgan fingerprint density at radius 1 is 1.38 bits per heavy atom. The van der Waals surface area contributed by atoms with Gasteiger partial charge in [-0.05, 0) is 34.5 Å². The van der Waals surface area contributed by atoms with Gasteiger partial charge in [0.15, 0.2) is 0 Å². The Bertz CT molecular complexity index is 342. The molecular formula is C12H17BrN2O. The number of carbonyl (C=O) groups is 1. The molecular weight excluding hydrogens is 268 g/mol. The van der Waals surface area contributed by atoms with Crippen molar-refractivity contribution in [1.29, 1.82) is 0 Å². The molecule has 0 fully saturated rings. The first kappa shape index (κ1) is 13.0. The number of amides is 1. The highest BCUT2D eigenvalue weighted by atomic mass is 79.9. The monoisotopic (exact) mass is 284 g/mol. The second kappa shape index (κ2) is 7.28. The Morgan fingerprint density at radius 3 is 2.81 bits per heavy atom. The second-order valence-electron chi connectivity index (χ2n) is 3.54. The summed E-state index contributed by atoms with van der Waals surface area (Å²) in [6.07, 6.45) is 2.12. The zero-order valence-corrected chi connectivity index (χ0v) is 11.0. The van der Waals surface area contributed by atoms with Gasteiger partial charge in [-0.2, -0.15) is 0 Å². The van der Waals surface area contributed by atoms with E-state index in [4.69, 9.17) is 0 Å². The number of carbonyl (C=O) groups excluding carboxylic acids is 1. The normalized spacial score (nSPS) is 9.88. The molecule has 1 aromatic rings. The zero-order valence-electron chi connectivity index (χ0n) is 9.42. The van der Waals surface area contributed by atoms with Crippen LogP contribution in [0.1, 0.15) is 19.8 Å². The van der Waals surface area contributed by atoms with E-state index in [-0.39, 0.29) is 5.91 Å². The van der Waals surface area contributed by atoms with Crippen LogP contribution < -0.4 is 10.6 Å². The van der Waals surface area contributed by atoms with Crippen molar-refractivity contribution in [2.75, 3.05) is 18.4 Å². The summed E-state index contributed by atoms with van der Waals surface area (Å²) in [5.74, 6) is 0.0317. The average molecular weight is 285 g/mol. The molecule has 88 valence electrons. The third kappa shape index (κ3) is 4.66. The van der Waals surface area contributed by atoms with Crippen LogP contribution in [0, 0.1) is 0 Å². The minimum atomic E-state index is 0.0317. The molecule has 0 aromatic heterocycles. The summed E-state index contributed by atoms with van der Waals surface area (Å²) in [4.78, 5) is 11.4. The van der Waals surface area contributed by atoms with E-state index in [2.05, 4.69) is 33.5 Å². The predicted octanol–water partition coefficient (Wildman–Crippen LogP) is 2.78. The Labute approximate surface area is 105 Å². The summed E-state index contributed by atoms with van der Waals surface area (Å²) in [5.41, 5.74) is 0.938. The number of benzene rings is 1. The van der Waals surface area contributed by atoms with E-state index in [1.807, 2.05) is 24.3 Å². The lowest BCUT2D eigenvalue weighted by molar-refractivity contribution is -0.119. The van der Waals surface area contributed by atoms with Crippen LogP contribution in [0.15, 0.2) is 28.7 Å². The Balaban J connectivity index is 2.29. The van der Waals surface area contributed by atoms with Gasteiger partial charge in [-0.1, -0.05) is 25.5 Å². The first-order chi connectivity index (χ1) is 7.74. The van der Waals surface area contributed by atoms with Crippen molar-refractivity contribution in [2.24, 2.45) is 0 Å². The highest BCUT2D eigenvalue weighted by Crippen LogP contribution is 2.20. The van der Waals surface area contributed by atoms with Crippen LogP contribution in [0.3, 0.4) is 0 Å². The molecule has 0 heterocycles. The average Bonchev–Trinajstić information content (AvgIpc) is 2.28. The topological polar surface area (TPSA) is 41.1 Å². The quantitative estimate of drug-likeness (QED) is 0.789. The third-order valence-corrected chi connectivity index (χ3v) is 2.86. The SMILES string of the molecule is CCCCNC(=O)CNc1ccccc1Br. The van der Waals surface area contributed by atoms with Crippen LogP contribution in [0.25, 0.3) is 0 Å². The number of hydrogen-bond acceptors (Lipinski definition) is 2. The fourth-order valence-electron chi connectivity index (χ4n) is 1.25. The van der Waals surface area contributed by atoms with E-state index in [0.29, 0.717) is 6.54 Å². The summed E-state index contributed by atoms with van der Waals surface area (Å²) in [5, 5.41) is 5.94. The first-order valence-corrected chi connectivity index (χ1v) is 6.28. The number of anilines is 1. The van der Waals surface area contributed by atoms with E-state index < -0.39 is 0 Å². The smallest absolute Gasteiger partial charge is 0.239 e.